The third-order valence-electron chi connectivity index (χ3n) is 2.89. The number of carbonyl (C=O) groups is 1. The van der Waals surface area contributed by atoms with Crippen LogP contribution >= 0.6 is 0 Å². The Morgan fingerprint density at radius 3 is 2.69 bits per heavy atom. The van der Waals surface area contributed by atoms with Gasteiger partial charge in [-0.15, -0.1) is 0 Å². The largest absolute Gasteiger partial charge is 0.386 e. The van der Waals surface area contributed by atoms with Crippen molar-refractivity contribution in [2.24, 2.45) is 11.1 Å². The molecule has 1 aliphatic heterocycles. The number of hydrogen-bond donors (Lipinski definition) is 3. The maximum absolute atomic E-state index is 11.7. The minimum atomic E-state index is -0.923. The van der Waals surface area contributed by atoms with E-state index in [9.17, 15) is 9.90 Å². The molecule has 5 heteroatoms. The molecule has 4 N–H and O–H groups in total. The molecule has 1 heterocycles. The average molecular weight is 230 g/mol. The summed E-state index contributed by atoms with van der Waals surface area (Å²) in [5, 5.41) is 12.6. The van der Waals surface area contributed by atoms with Crippen LogP contribution in [-0.2, 0) is 9.53 Å². The number of carbonyl (C=O) groups excluding carboxylic acids is 1. The van der Waals surface area contributed by atoms with Gasteiger partial charge in [0.2, 0.25) is 5.91 Å². The molecule has 5 nitrogen and oxygen atoms in total. The molecule has 94 valence electrons. The fourth-order valence-corrected chi connectivity index (χ4v) is 1.49. The van der Waals surface area contributed by atoms with Crippen molar-refractivity contribution in [3.8, 4) is 0 Å². The van der Waals surface area contributed by atoms with Crippen molar-refractivity contribution in [3.05, 3.63) is 0 Å². The molecule has 0 spiro atoms. The van der Waals surface area contributed by atoms with Gasteiger partial charge >= 0.3 is 0 Å². The third-order valence-corrected chi connectivity index (χ3v) is 2.89. The fraction of sp³-hybridized carbons (Fsp3) is 0.909. The molecule has 0 bridgehead atoms. The summed E-state index contributed by atoms with van der Waals surface area (Å²) in [6.45, 7) is 6.74. The molecule has 1 rings (SSSR count). The van der Waals surface area contributed by atoms with Gasteiger partial charge in [0.1, 0.15) is 5.60 Å². The van der Waals surface area contributed by atoms with E-state index in [-0.39, 0.29) is 24.5 Å². The van der Waals surface area contributed by atoms with E-state index in [2.05, 4.69) is 5.32 Å². The van der Waals surface area contributed by atoms with Crippen molar-refractivity contribution < 1.29 is 14.6 Å². The minimum Gasteiger partial charge on any atom is -0.386 e. The van der Waals surface area contributed by atoms with Crippen molar-refractivity contribution in [1.29, 1.82) is 0 Å². The van der Waals surface area contributed by atoms with E-state index in [4.69, 9.17) is 10.5 Å². The van der Waals surface area contributed by atoms with Crippen molar-refractivity contribution >= 4 is 5.91 Å². The zero-order valence-corrected chi connectivity index (χ0v) is 10.2. The second-order valence-electron chi connectivity index (χ2n) is 5.59. The van der Waals surface area contributed by atoms with Gasteiger partial charge in [0.05, 0.1) is 12.6 Å². The van der Waals surface area contributed by atoms with E-state index in [1.807, 2.05) is 20.8 Å². The van der Waals surface area contributed by atoms with Gasteiger partial charge < -0.3 is 20.9 Å². The van der Waals surface area contributed by atoms with Crippen molar-refractivity contribution in [2.45, 2.75) is 38.8 Å². The molecule has 0 radical (unpaired) electrons. The Labute approximate surface area is 96.3 Å². The molecule has 1 aliphatic rings. The number of amides is 1. The monoisotopic (exact) mass is 230 g/mol. The van der Waals surface area contributed by atoms with Crippen LogP contribution in [0.4, 0.5) is 0 Å². The lowest BCUT2D eigenvalue weighted by atomic mass is 9.87. The molecule has 2 unspecified atom stereocenters. The van der Waals surface area contributed by atoms with Gasteiger partial charge in [0.25, 0.3) is 0 Å². The van der Waals surface area contributed by atoms with Gasteiger partial charge in [-0.3, -0.25) is 4.79 Å². The van der Waals surface area contributed by atoms with E-state index in [0.29, 0.717) is 13.0 Å². The normalized spacial score (nSPS) is 27.8. The van der Waals surface area contributed by atoms with E-state index in [1.165, 1.54) is 0 Å². The lowest BCUT2D eigenvalue weighted by Crippen LogP contribution is -2.52. The smallest absolute Gasteiger partial charge is 0.237 e. The average Bonchev–Trinajstić information content (AvgIpc) is 2.60. The first-order valence-electron chi connectivity index (χ1n) is 5.58. The highest BCUT2D eigenvalue weighted by Gasteiger charge is 2.34. The molecule has 1 amide bonds. The van der Waals surface area contributed by atoms with Crippen LogP contribution < -0.4 is 11.1 Å². The van der Waals surface area contributed by atoms with Crippen LogP contribution in [0.1, 0.15) is 27.2 Å². The molecule has 2 atom stereocenters. The number of nitrogens with one attached hydrogen (secondary N) is 1. The maximum atomic E-state index is 11.7. The highest BCUT2D eigenvalue weighted by atomic mass is 16.5. The number of aliphatic hydroxyl groups is 1. The first kappa shape index (κ1) is 13.4. The van der Waals surface area contributed by atoms with E-state index in [0.717, 1.165) is 0 Å². The summed E-state index contributed by atoms with van der Waals surface area (Å²) in [5.74, 6) is -0.229. The number of ether oxygens (including phenoxy) is 1. The Hall–Kier alpha value is -0.650. The number of nitrogens with two attached hydrogens (primary N) is 1. The summed E-state index contributed by atoms with van der Waals surface area (Å²) in [6.07, 6.45) is 0.554. The Kier molecular flexibility index (Phi) is 3.93. The molecular weight excluding hydrogens is 208 g/mol. The molecule has 0 aromatic heterocycles. The van der Waals surface area contributed by atoms with Crippen LogP contribution in [0, 0.1) is 5.41 Å². The van der Waals surface area contributed by atoms with Gasteiger partial charge in [0.15, 0.2) is 0 Å². The Bertz CT molecular complexity index is 254. The molecular formula is C11H22N2O3. The van der Waals surface area contributed by atoms with Gasteiger partial charge in [-0.2, -0.15) is 0 Å². The molecule has 16 heavy (non-hydrogen) atoms. The Balaban J connectivity index is 2.40. The highest BCUT2D eigenvalue weighted by Crippen LogP contribution is 2.19. The summed E-state index contributed by atoms with van der Waals surface area (Å²) < 4.78 is 5.09. The summed E-state index contributed by atoms with van der Waals surface area (Å²) in [4.78, 5) is 11.7. The standard InChI is InChI=1S/C11H22N2O3/c1-10(2,3)8(12)9(14)13-6-11(15)4-5-16-7-11/h8,15H,4-7,12H2,1-3H3,(H,13,14). The molecule has 0 aromatic carbocycles. The fourth-order valence-electron chi connectivity index (χ4n) is 1.49. The predicted molar refractivity (Wildman–Crippen MR) is 60.8 cm³/mol. The lowest BCUT2D eigenvalue weighted by Gasteiger charge is -2.28. The SMILES string of the molecule is CC(C)(C)C(N)C(=O)NCC1(O)CCOC1. The minimum absolute atomic E-state index is 0.204. The van der Waals surface area contributed by atoms with Crippen LogP contribution in [0.5, 0.6) is 0 Å². The third kappa shape index (κ3) is 3.43. The molecule has 0 aromatic rings. The van der Waals surface area contributed by atoms with E-state index < -0.39 is 11.6 Å². The second-order valence-corrected chi connectivity index (χ2v) is 5.59. The van der Waals surface area contributed by atoms with Crippen LogP contribution in [0.3, 0.4) is 0 Å². The van der Waals surface area contributed by atoms with Gasteiger partial charge in [0, 0.05) is 19.6 Å². The zero-order valence-electron chi connectivity index (χ0n) is 10.2. The first-order chi connectivity index (χ1) is 7.25. The Morgan fingerprint density at radius 2 is 2.25 bits per heavy atom. The van der Waals surface area contributed by atoms with Crippen LogP contribution in [0.15, 0.2) is 0 Å². The second kappa shape index (κ2) is 4.69. The molecule has 0 saturated carbocycles. The summed E-state index contributed by atoms with van der Waals surface area (Å²) in [6, 6.07) is -0.571. The van der Waals surface area contributed by atoms with Gasteiger partial charge in [-0.25, -0.2) is 0 Å². The summed E-state index contributed by atoms with van der Waals surface area (Å²) in [7, 11) is 0. The van der Waals surface area contributed by atoms with E-state index >= 15 is 0 Å². The van der Waals surface area contributed by atoms with Crippen molar-refractivity contribution in [1.82, 2.24) is 5.32 Å². The van der Waals surface area contributed by atoms with Gasteiger partial charge in [-0.05, 0) is 5.41 Å². The Morgan fingerprint density at radius 1 is 1.62 bits per heavy atom. The first-order valence-corrected chi connectivity index (χ1v) is 5.58. The molecule has 0 aliphatic carbocycles. The number of rotatable bonds is 3. The maximum Gasteiger partial charge on any atom is 0.237 e. The van der Waals surface area contributed by atoms with Crippen LogP contribution in [-0.4, -0.2) is 42.4 Å². The number of hydrogen-bond acceptors (Lipinski definition) is 4. The van der Waals surface area contributed by atoms with Crippen molar-refractivity contribution in [3.63, 3.8) is 0 Å². The predicted octanol–water partition coefficient (Wildman–Crippen LogP) is -0.373. The van der Waals surface area contributed by atoms with Crippen LogP contribution in [0.2, 0.25) is 0 Å². The molecule has 1 fully saturated rings. The topological polar surface area (TPSA) is 84.6 Å². The van der Waals surface area contributed by atoms with Crippen molar-refractivity contribution in [2.75, 3.05) is 19.8 Å². The van der Waals surface area contributed by atoms with E-state index in [1.54, 1.807) is 0 Å². The summed E-state index contributed by atoms with van der Waals surface area (Å²) >= 11 is 0. The van der Waals surface area contributed by atoms with Gasteiger partial charge in [-0.1, -0.05) is 20.8 Å². The lowest BCUT2D eigenvalue weighted by molar-refractivity contribution is -0.125. The van der Waals surface area contributed by atoms with Crippen LogP contribution in [0.25, 0.3) is 0 Å². The summed E-state index contributed by atoms with van der Waals surface area (Å²) in [5.41, 5.74) is 4.59. The quantitative estimate of drug-likeness (QED) is 0.617. The zero-order chi connectivity index (χ0) is 12.4. The molecule has 1 saturated heterocycles. The highest BCUT2D eigenvalue weighted by molar-refractivity contribution is 5.82.